The molecule has 0 saturated heterocycles. The summed E-state index contributed by atoms with van der Waals surface area (Å²) in [6.07, 6.45) is 0.898. The molecule has 96 valence electrons. The summed E-state index contributed by atoms with van der Waals surface area (Å²) in [5.41, 5.74) is 0. The van der Waals surface area contributed by atoms with E-state index >= 15 is 0 Å². The minimum Gasteiger partial charge on any atom is -0.497 e. The normalized spacial score (nSPS) is 12.4. The van der Waals surface area contributed by atoms with E-state index in [1.165, 1.54) is 0 Å². The lowest BCUT2D eigenvalue weighted by molar-refractivity contribution is 0.105. The SMILES string of the molecule is COc1ccc2ccnc(NCC(O)CO)c2c1. The van der Waals surface area contributed by atoms with Gasteiger partial charge in [-0.25, -0.2) is 4.98 Å². The quantitative estimate of drug-likeness (QED) is 0.736. The third kappa shape index (κ3) is 2.69. The van der Waals surface area contributed by atoms with Crippen molar-refractivity contribution in [3.05, 3.63) is 30.5 Å². The summed E-state index contributed by atoms with van der Waals surface area (Å²) in [6.45, 7) is -0.0269. The van der Waals surface area contributed by atoms with E-state index in [-0.39, 0.29) is 13.2 Å². The van der Waals surface area contributed by atoms with Gasteiger partial charge in [-0.15, -0.1) is 0 Å². The maximum Gasteiger partial charge on any atom is 0.134 e. The van der Waals surface area contributed by atoms with Crippen LogP contribution in [0.4, 0.5) is 5.82 Å². The Labute approximate surface area is 105 Å². The second-order valence-electron chi connectivity index (χ2n) is 3.96. The molecule has 18 heavy (non-hydrogen) atoms. The fourth-order valence-electron chi connectivity index (χ4n) is 1.69. The molecule has 5 nitrogen and oxygen atoms in total. The highest BCUT2D eigenvalue weighted by molar-refractivity contribution is 5.92. The summed E-state index contributed by atoms with van der Waals surface area (Å²) < 4.78 is 5.18. The summed E-state index contributed by atoms with van der Waals surface area (Å²) >= 11 is 0. The number of hydrogen-bond donors (Lipinski definition) is 3. The fourth-order valence-corrected chi connectivity index (χ4v) is 1.69. The second kappa shape index (κ2) is 5.66. The van der Waals surface area contributed by atoms with E-state index in [4.69, 9.17) is 9.84 Å². The Morgan fingerprint density at radius 2 is 2.22 bits per heavy atom. The minimum atomic E-state index is -0.798. The van der Waals surface area contributed by atoms with Gasteiger partial charge < -0.3 is 20.3 Å². The van der Waals surface area contributed by atoms with Gasteiger partial charge in [0.15, 0.2) is 0 Å². The molecule has 2 aromatic rings. The van der Waals surface area contributed by atoms with Crippen molar-refractivity contribution >= 4 is 16.6 Å². The average molecular weight is 248 g/mol. The maximum absolute atomic E-state index is 9.33. The Morgan fingerprint density at radius 3 is 2.94 bits per heavy atom. The standard InChI is InChI=1S/C13H16N2O3/c1-18-11-3-2-9-4-5-14-13(12(9)6-11)15-7-10(17)8-16/h2-6,10,16-17H,7-8H2,1H3,(H,14,15). The van der Waals surface area contributed by atoms with Crippen LogP contribution in [0, 0.1) is 0 Å². The molecule has 1 aromatic heterocycles. The predicted octanol–water partition coefficient (Wildman–Crippen LogP) is 1.01. The highest BCUT2D eigenvalue weighted by Gasteiger charge is 2.06. The number of rotatable bonds is 5. The first-order valence-electron chi connectivity index (χ1n) is 5.70. The first-order chi connectivity index (χ1) is 8.74. The van der Waals surface area contributed by atoms with Gasteiger partial charge in [0, 0.05) is 18.1 Å². The zero-order valence-electron chi connectivity index (χ0n) is 10.1. The van der Waals surface area contributed by atoms with Gasteiger partial charge in [0.1, 0.15) is 11.6 Å². The van der Waals surface area contributed by atoms with E-state index in [9.17, 15) is 5.11 Å². The van der Waals surface area contributed by atoms with Crippen LogP contribution in [0.25, 0.3) is 10.8 Å². The molecule has 1 aromatic carbocycles. The lowest BCUT2D eigenvalue weighted by atomic mass is 10.1. The van der Waals surface area contributed by atoms with Crippen LogP contribution in [0.2, 0.25) is 0 Å². The minimum absolute atomic E-state index is 0.250. The number of hydrogen-bond acceptors (Lipinski definition) is 5. The molecule has 0 saturated carbocycles. The van der Waals surface area contributed by atoms with Gasteiger partial charge in [-0.3, -0.25) is 0 Å². The van der Waals surface area contributed by atoms with Crippen molar-refractivity contribution in [1.29, 1.82) is 0 Å². The molecule has 0 aliphatic carbocycles. The topological polar surface area (TPSA) is 74.6 Å². The summed E-state index contributed by atoms with van der Waals surface area (Å²) in [5, 5.41) is 23.1. The van der Waals surface area contributed by atoms with Crippen molar-refractivity contribution in [1.82, 2.24) is 4.98 Å². The van der Waals surface area contributed by atoms with Crippen LogP contribution in [0.1, 0.15) is 0 Å². The molecule has 2 rings (SSSR count). The van der Waals surface area contributed by atoms with Crippen molar-refractivity contribution in [3.8, 4) is 5.75 Å². The number of aliphatic hydroxyl groups excluding tert-OH is 2. The largest absolute Gasteiger partial charge is 0.497 e. The third-order valence-electron chi connectivity index (χ3n) is 2.69. The number of nitrogens with one attached hydrogen (secondary N) is 1. The number of aromatic nitrogens is 1. The Balaban J connectivity index is 2.31. The molecule has 0 bridgehead atoms. The summed E-state index contributed by atoms with van der Waals surface area (Å²) in [4.78, 5) is 4.23. The molecule has 1 unspecified atom stereocenters. The number of methoxy groups -OCH3 is 1. The number of nitrogens with zero attached hydrogens (tertiary/aromatic N) is 1. The van der Waals surface area contributed by atoms with Gasteiger partial charge in [0.25, 0.3) is 0 Å². The Hall–Kier alpha value is -1.85. The van der Waals surface area contributed by atoms with Crippen molar-refractivity contribution in [2.24, 2.45) is 0 Å². The second-order valence-corrected chi connectivity index (χ2v) is 3.96. The molecular formula is C13H16N2O3. The van der Waals surface area contributed by atoms with Gasteiger partial charge in [0.2, 0.25) is 0 Å². The third-order valence-corrected chi connectivity index (χ3v) is 2.69. The fraction of sp³-hybridized carbons (Fsp3) is 0.308. The zero-order chi connectivity index (χ0) is 13.0. The van der Waals surface area contributed by atoms with Crippen molar-refractivity contribution in [2.45, 2.75) is 6.10 Å². The predicted molar refractivity (Wildman–Crippen MR) is 69.9 cm³/mol. The molecule has 1 heterocycles. The van der Waals surface area contributed by atoms with Crippen LogP contribution < -0.4 is 10.1 Å². The highest BCUT2D eigenvalue weighted by Crippen LogP contribution is 2.25. The summed E-state index contributed by atoms with van der Waals surface area (Å²) in [7, 11) is 1.61. The molecule has 0 fully saturated rings. The molecule has 0 amide bonds. The molecule has 0 aliphatic heterocycles. The van der Waals surface area contributed by atoms with E-state index in [0.717, 1.165) is 16.5 Å². The Morgan fingerprint density at radius 1 is 1.39 bits per heavy atom. The number of pyridine rings is 1. The molecule has 0 spiro atoms. The molecule has 3 N–H and O–H groups in total. The molecule has 5 heteroatoms. The Kier molecular flexibility index (Phi) is 3.96. The van der Waals surface area contributed by atoms with Crippen LogP contribution in [0.3, 0.4) is 0 Å². The number of aliphatic hydroxyl groups is 2. The van der Waals surface area contributed by atoms with Gasteiger partial charge in [-0.05, 0) is 23.6 Å². The van der Waals surface area contributed by atoms with Crippen molar-refractivity contribution < 1.29 is 14.9 Å². The van der Waals surface area contributed by atoms with Crippen LogP contribution in [0.5, 0.6) is 5.75 Å². The van der Waals surface area contributed by atoms with Crippen LogP contribution in [-0.4, -0.2) is 41.6 Å². The lowest BCUT2D eigenvalue weighted by Gasteiger charge is -2.12. The first-order valence-corrected chi connectivity index (χ1v) is 5.70. The average Bonchev–Trinajstić information content (AvgIpc) is 2.43. The molecule has 0 radical (unpaired) electrons. The van der Waals surface area contributed by atoms with Crippen molar-refractivity contribution in [2.75, 3.05) is 25.6 Å². The van der Waals surface area contributed by atoms with Gasteiger partial charge in [-0.2, -0.15) is 0 Å². The number of fused-ring (bicyclic) bond motifs is 1. The number of benzene rings is 1. The smallest absolute Gasteiger partial charge is 0.134 e. The molecular weight excluding hydrogens is 232 g/mol. The van der Waals surface area contributed by atoms with Crippen LogP contribution >= 0.6 is 0 Å². The molecule has 1 atom stereocenters. The van der Waals surface area contributed by atoms with Gasteiger partial charge in [-0.1, -0.05) is 6.07 Å². The van der Waals surface area contributed by atoms with Gasteiger partial charge >= 0.3 is 0 Å². The highest BCUT2D eigenvalue weighted by atomic mass is 16.5. The molecule has 0 aliphatic rings. The summed E-state index contributed by atoms with van der Waals surface area (Å²) in [5.74, 6) is 1.42. The zero-order valence-corrected chi connectivity index (χ0v) is 10.1. The number of anilines is 1. The summed E-state index contributed by atoms with van der Waals surface area (Å²) in [6, 6.07) is 7.62. The lowest BCUT2D eigenvalue weighted by Crippen LogP contribution is -2.23. The number of ether oxygens (including phenoxy) is 1. The van der Waals surface area contributed by atoms with Crippen LogP contribution in [0.15, 0.2) is 30.5 Å². The van der Waals surface area contributed by atoms with Gasteiger partial charge in [0.05, 0.1) is 19.8 Å². The first kappa shape index (κ1) is 12.6. The Bertz CT molecular complexity index is 531. The van der Waals surface area contributed by atoms with Crippen LogP contribution in [-0.2, 0) is 0 Å². The van der Waals surface area contributed by atoms with E-state index in [1.54, 1.807) is 13.3 Å². The van der Waals surface area contributed by atoms with E-state index in [2.05, 4.69) is 10.3 Å². The van der Waals surface area contributed by atoms with E-state index in [1.807, 2.05) is 24.3 Å². The van der Waals surface area contributed by atoms with Crippen molar-refractivity contribution in [3.63, 3.8) is 0 Å². The monoisotopic (exact) mass is 248 g/mol. The van der Waals surface area contributed by atoms with E-state index < -0.39 is 6.10 Å². The van der Waals surface area contributed by atoms with E-state index in [0.29, 0.717) is 5.82 Å². The maximum atomic E-state index is 9.33.